The van der Waals surface area contributed by atoms with Gasteiger partial charge in [0, 0.05) is 6.54 Å². The number of carbonyl (C=O) groups excluding carboxylic acids is 2. The first-order chi connectivity index (χ1) is 7.63. The molecule has 2 amide bonds. The van der Waals surface area contributed by atoms with Crippen molar-refractivity contribution in [2.75, 3.05) is 11.9 Å². The molecule has 1 aromatic carbocycles. The molecule has 0 spiro atoms. The van der Waals surface area contributed by atoms with Crippen LogP contribution in [0.3, 0.4) is 0 Å². The zero-order chi connectivity index (χ0) is 11.7. The molecular weight excluding hydrogens is 228 g/mol. The maximum Gasteiger partial charge on any atom is 0.327 e. The van der Waals surface area contributed by atoms with Gasteiger partial charge in [0.2, 0.25) is 5.91 Å². The summed E-state index contributed by atoms with van der Waals surface area (Å²) in [4.78, 5) is 23.6. The minimum absolute atomic E-state index is 0.241. The number of imide groups is 1. The molecule has 0 saturated heterocycles. The Bertz CT molecular complexity index is 459. The first-order valence-corrected chi connectivity index (χ1v) is 5.30. The van der Waals surface area contributed by atoms with Gasteiger partial charge in [-0.25, -0.2) is 4.90 Å². The van der Waals surface area contributed by atoms with Gasteiger partial charge in [-0.15, -0.1) is 0 Å². The molecule has 1 aliphatic heterocycles. The second kappa shape index (κ2) is 4.23. The molecular formula is C11H11ClN2O2. The number of amides is 2. The van der Waals surface area contributed by atoms with E-state index in [1.165, 1.54) is 0 Å². The van der Waals surface area contributed by atoms with E-state index >= 15 is 0 Å². The van der Waals surface area contributed by atoms with E-state index in [0.29, 0.717) is 5.69 Å². The zero-order valence-electron chi connectivity index (χ0n) is 8.79. The van der Waals surface area contributed by atoms with Gasteiger partial charge in [-0.1, -0.05) is 12.1 Å². The lowest BCUT2D eigenvalue weighted by Gasteiger charge is -2.11. The molecule has 0 bridgehead atoms. The van der Waals surface area contributed by atoms with E-state index in [-0.39, 0.29) is 12.3 Å². The van der Waals surface area contributed by atoms with Crippen LogP contribution in [0, 0.1) is 0 Å². The molecule has 0 aliphatic carbocycles. The van der Waals surface area contributed by atoms with Gasteiger partial charge in [0.1, 0.15) is 0 Å². The van der Waals surface area contributed by atoms with Crippen LogP contribution in [0.4, 0.5) is 10.5 Å². The van der Waals surface area contributed by atoms with Crippen LogP contribution in [-0.4, -0.2) is 18.3 Å². The largest absolute Gasteiger partial charge is 0.327 e. The van der Waals surface area contributed by atoms with E-state index in [2.05, 4.69) is 5.32 Å². The highest BCUT2D eigenvalue weighted by Crippen LogP contribution is 2.30. The van der Waals surface area contributed by atoms with Gasteiger partial charge in [-0.2, -0.15) is 0 Å². The highest BCUT2D eigenvalue weighted by molar-refractivity contribution is 6.68. The number of nitrogens with zero attached hydrogens (tertiary/aromatic N) is 1. The lowest BCUT2D eigenvalue weighted by Crippen LogP contribution is -2.28. The molecule has 1 heterocycles. The van der Waals surface area contributed by atoms with Crippen molar-refractivity contribution in [1.82, 2.24) is 5.32 Å². The van der Waals surface area contributed by atoms with Gasteiger partial charge in [-0.3, -0.25) is 9.59 Å². The van der Waals surface area contributed by atoms with Crippen molar-refractivity contribution in [3.05, 3.63) is 29.3 Å². The maximum atomic E-state index is 11.5. The van der Waals surface area contributed by atoms with E-state index in [1.807, 2.05) is 19.2 Å². The molecule has 0 atom stereocenters. The van der Waals surface area contributed by atoms with Gasteiger partial charge in [-0.05, 0) is 35.8 Å². The third-order valence-electron chi connectivity index (χ3n) is 2.53. The Labute approximate surface area is 98.2 Å². The number of nitrogens with one attached hydrogen (secondary N) is 1. The second-order valence-corrected chi connectivity index (χ2v) is 3.98. The van der Waals surface area contributed by atoms with E-state index in [0.717, 1.165) is 22.6 Å². The quantitative estimate of drug-likeness (QED) is 0.630. The summed E-state index contributed by atoms with van der Waals surface area (Å²) in [6.45, 7) is 0.732. The minimum atomic E-state index is -0.745. The van der Waals surface area contributed by atoms with Gasteiger partial charge >= 0.3 is 5.37 Å². The standard InChI is InChI=1S/C11H11ClN2O2/c1-13-6-7-2-3-9-8(4-7)5-10(15)14(9)11(12)16/h2-4,13H,5-6H2,1H3. The molecule has 0 unspecified atom stereocenters. The smallest absolute Gasteiger partial charge is 0.316 e. The number of rotatable bonds is 2. The molecule has 5 heteroatoms. The molecule has 0 saturated carbocycles. The van der Waals surface area contributed by atoms with Gasteiger partial charge < -0.3 is 5.32 Å². The van der Waals surface area contributed by atoms with Gasteiger partial charge in [0.05, 0.1) is 12.1 Å². The molecule has 84 valence electrons. The Balaban J connectivity index is 2.38. The van der Waals surface area contributed by atoms with Crippen LogP contribution in [0.1, 0.15) is 11.1 Å². The molecule has 1 aromatic rings. The van der Waals surface area contributed by atoms with Crippen LogP contribution in [0.25, 0.3) is 0 Å². The molecule has 0 fully saturated rings. The van der Waals surface area contributed by atoms with E-state index in [9.17, 15) is 9.59 Å². The summed E-state index contributed by atoms with van der Waals surface area (Å²) >= 11 is 5.36. The summed E-state index contributed by atoms with van der Waals surface area (Å²) in [6, 6.07) is 5.55. The Morgan fingerprint density at radius 2 is 2.31 bits per heavy atom. The average Bonchev–Trinajstić information content (AvgIpc) is 2.53. The third kappa shape index (κ3) is 1.81. The summed E-state index contributed by atoms with van der Waals surface area (Å²) in [6.07, 6.45) is 0.241. The molecule has 1 N–H and O–H groups in total. The van der Waals surface area contributed by atoms with E-state index in [4.69, 9.17) is 11.6 Å². The van der Waals surface area contributed by atoms with Gasteiger partial charge in [0.25, 0.3) is 0 Å². The van der Waals surface area contributed by atoms with Crippen molar-refractivity contribution in [1.29, 1.82) is 0 Å². The first kappa shape index (κ1) is 11.1. The maximum absolute atomic E-state index is 11.5. The van der Waals surface area contributed by atoms with Crippen molar-refractivity contribution in [3.63, 3.8) is 0 Å². The van der Waals surface area contributed by atoms with Gasteiger partial charge in [0.15, 0.2) is 0 Å². The highest BCUT2D eigenvalue weighted by atomic mass is 35.5. The minimum Gasteiger partial charge on any atom is -0.316 e. The second-order valence-electron chi connectivity index (χ2n) is 3.65. The van der Waals surface area contributed by atoms with Crippen molar-refractivity contribution in [3.8, 4) is 0 Å². The summed E-state index contributed by atoms with van der Waals surface area (Å²) in [5, 5.41) is 2.28. The lowest BCUT2D eigenvalue weighted by atomic mass is 10.1. The molecule has 2 rings (SSSR count). The van der Waals surface area contributed by atoms with Crippen LogP contribution in [0.2, 0.25) is 0 Å². The molecule has 4 nitrogen and oxygen atoms in total. The van der Waals surface area contributed by atoms with E-state index in [1.54, 1.807) is 6.07 Å². The van der Waals surface area contributed by atoms with Crippen molar-refractivity contribution in [2.45, 2.75) is 13.0 Å². The summed E-state index contributed by atoms with van der Waals surface area (Å²) in [7, 11) is 1.85. The topological polar surface area (TPSA) is 49.4 Å². The van der Waals surface area contributed by atoms with E-state index < -0.39 is 5.37 Å². The third-order valence-corrected chi connectivity index (χ3v) is 2.70. The van der Waals surface area contributed by atoms with Crippen molar-refractivity contribution in [2.24, 2.45) is 0 Å². The lowest BCUT2D eigenvalue weighted by molar-refractivity contribution is -0.116. The van der Waals surface area contributed by atoms with Crippen molar-refractivity contribution >= 4 is 28.6 Å². The number of benzene rings is 1. The molecule has 0 radical (unpaired) electrons. The molecule has 16 heavy (non-hydrogen) atoms. The fourth-order valence-electron chi connectivity index (χ4n) is 1.88. The number of halogens is 1. The first-order valence-electron chi connectivity index (χ1n) is 4.92. The summed E-state index contributed by atoms with van der Waals surface area (Å²) in [5.74, 6) is -0.267. The molecule has 1 aliphatic rings. The normalized spacial score (nSPS) is 14.1. The van der Waals surface area contributed by atoms with Crippen LogP contribution < -0.4 is 10.2 Å². The monoisotopic (exact) mass is 238 g/mol. The fourth-order valence-corrected chi connectivity index (χ4v) is 2.07. The number of anilines is 1. The number of hydrogen-bond donors (Lipinski definition) is 1. The van der Waals surface area contributed by atoms with Crippen LogP contribution in [0.15, 0.2) is 18.2 Å². The average molecular weight is 239 g/mol. The predicted octanol–water partition coefficient (Wildman–Crippen LogP) is 1.65. The molecule has 0 aromatic heterocycles. The fraction of sp³-hybridized carbons (Fsp3) is 0.273. The predicted molar refractivity (Wildman–Crippen MR) is 61.6 cm³/mol. The Kier molecular flexibility index (Phi) is 2.94. The Morgan fingerprint density at radius 1 is 1.56 bits per heavy atom. The highest BCUT2D eigenvalue weighted by Gasteiger charge is 2.31. The van der Waals surface area contributed by atoms with Crippen molar-refractivity contribution < 1.29 is 9.59 Å². The zero-order valence-corrected chi connectivity index (χ0v) is 9.54. The van der Waals surface area contributed by atoms with Crippen LogP contribution in [0.5, 0.6) is 0 Å². The Morgan fingerprint density at radius 3 is 2.94 bits per heavy atom. The number of fused-ring (bicyclic) bond motifs is 1. The SMILES string of the molecule is CNCc1ccc2c(c1)CC(=O)N2C(=O)Cl. The Hall–Kier alpha value is -1.39. The number of carbonyl (C=O) groups is 2. The van der Waals surface area contributed by atoms with Crippen LogP contribution in [-0.2, 0) is 17.8 Å². The number of hydrogen-bond acceptors (Lipinski definition) is 3. The van der Waals surface area contributed by atoms with Crippen LogP contribution >= 0.6 is 11.6 Å². The summed E-state index contributed by atoms with van der Waals surface area (Å²) in [5.41, 5.74) is 2.54. The summed E-state index contributed by atoms with van der Waals surface area (Å²) < 4.78 is 0.